The summed E-state index contributed by atoms with van der Waals surface area (Å²) in [5, 5.41) is 7.80. The van der Waals surface area contributed by atoms with Crippen LogP contribution in [0, 0.1) is 0 Å². The molecular formula is C13H16N4O2S. The summed E-state index contributed by atoms with van der Waals surface area (Å²) in [6.07, 6.45) is 0. The average Bonchev–Trinajstić information content (AvgIpc) is 2.87. The van der Waals surface area contributed by atoms with Crippen molar-refractivity contribution in [2.24, 2.45) is 5.73 Å². The van der Waals surface area contributed by atoms with E-state index in [1.54, 1.807) is 6.92 Å². The van der Waals surface area contributed by atoms with E-state index >= 15 is 0 Å². The van der Waals surface area contributed by atoms with E-state index in [4.69, 9.17) is 10.2 Å². The number of hydrogen-bond donors (Lipinski definition) is 1. The molecule has 20 heavy (non-hydrogen) atoms. The molecule has 1 unspecified atom stereocenters. The van der Waals surface area contributed by atoms with Crippen LogP contribution in [0.5, 0.6) is 0 Å². The van der Waals surface area contributed by atoms with Gasteiger partial charge in [-0.05, 0) is 31.2 Å². The fraction of sp³-hybridized carbons (Fsp3) is 0.308. The standard InChI is InChI=1S/C13H16N4O2S/c1-8(11(14)18)20-13-16-15-12(19-13)9-4-6-10(7-5-9)17(2)3/h4-8H,1-3H3,(H2,14,18). The molecule has 0 spiro atoms. The van der Waals surface area contributed by atoms with Gasteiger partial charge in [-0.1, -0.05) is 11.8 Å². The van der Waals surface area contributed by atoms with E-state index in [9.17, 15) is 4.79 Å². The molecule has 0 bridgehead atoms. The number of nitrogens with zero attached hydrogens (tertiary/aromatic N) is 3. The molecule has 0 radical (unpaired) electrons. The quantitative estimate of drug-likeness (QED) is 0.845. The van der Waals surface area contributed by atoms with Crippen molar-refractivity contribution in [3.05, 3.63) is 24.3 Å². The summed E-state index contributed by atoms with van der Waals surface area (Å²) in [6.45, 7) is 1.70. The number of amides is 1. The minimum absolute atomic E-state index is 0.336. The fourth-order valence-electron chi connectivity index (χ4n) is 1.49. The van der Waals surface area contributed by atoms with Gasteiger partial charge in [-0.25, -0.2) is 0 Å². The zero-order valence-corrected chi connectivity index (χ0v) is 12.3. The minimum Gasteiger partial charge on any atom is -0.411 e. The Labute approximate surface area is 121 Å². The lowest BCUT2D eigenvalue weighted by Gasteiger charge is -2.11. The number of primary amides is 1. The minimum atomic E-state index is -0.412. The van der Waals surface area contributed by atoms with Crippen LogP contribution < -0.4 is 10.6 Å². The number of anilines is 1. The number of benzene rings is 1. The van der Waals surface area contributed by atoms with Crippen molar-refractivity contribution in [3.63, 3.8) is 0 Å². The molecule has 1 aromatic heterocycles. The topological polar surface area (TPSA) is 85.2 Å². The second-order valence-electron chi connectivity index (χ2n) is 4.48. The third-order valence-electron chi connectivity index (χ3n) is 2.72. The maximum absolute atomic E-state index is 11.0. The predicted octanol–water partition coefficient (Wildman–Crippen LogP) is 1.77. The second-order valence-corrected chi connectivity index (χ2v) is 5.77. The molecule has 1 aromatic carbocycles. The summed E-state index contributed by atoms with van der Waals surface area (Å²) >= 11 is 1.15. The van der Waals surface area contributed by atoms with Gasteiger partial charge in [-0.2, -0.15) is 0 Å². The van der Waals surface area contributed by atoms with Crippen molar-refractivity contribution in [1.82, 2.24) is 10.2 Å². The molecular weight excluding hydrogens is 276 g/mol. The van der Waals surface area contributed by atoms with E-state index < -0.39 is 11.2 Å². The van der Waals surface area contributed by atoms with Crippen LogP contribution in [-0.2, 0) is 4.79 Å². The summed E-state index contributed by atoms with van der Waals surface area (Å²) in [7, 11) is 3.95. The Morgan fingerprint density at radius 3 is 2.50 bits per heavy atom. The second kappa shape index (κ2) is 5.96. The van der Waals surface area contributed by atoms with Gasteiger partial charge in [-0.15, -0.1) is 10.2 Å². The summed E-state index contributed by atoms with van der Waals surface area (Å²) in [5.41, 5.74) is 7.12. The smallest absolute Gasteiger partial charge is 0.277 e. The first kappa shape index (κ1) is 14.4. The van der Waals surface area contributed by atoms with Gasteiger partial charge in [0, 0.05) is 25.3 Å². The normalized spacial score (nSPS) is 12.2. The van der Waals surface area contributed by atoms with E-state index in [1.165, 1.54) is 0 Å². The van der Waals surface area contributed by atoms with Crippen LogP contribution in [0.15, 0.2) is 33.9 Å². The monoisotopic (exact) mass is 292 g/mol. The van der Waals surface area contributed by atoms with Gasteiger partial charge >= 0.3 is 0 Å². The maximum Gasteiger partial charge on any atom is 0.277 e. The van der Waals surface area contributed by atoms with Crippen LogP contribution >= 0.6 is 11.8 Å². The molecule has 0 saturated carbocycles. The Kier molecular flexibility index (Phi) is 4.29. The van der Waals surface area contributed by atoms with Gasteiger partial charge in [0.2, 0.25) is 11.8 Å². The molecule has 1 heterocycles. The van der Waals surface area contributed by atoms with Crippen LogP contribution in [0.25, 0.3) is 11.5 Å². The maximum atomic E-state index is 11.0. The third kappa shape index (κ3) is 3.30. The molecule has 0 aliphatic carbocycles. The van der Waals surface area contributed by atoms with Crippen LogP contribution in [0.2, 0.25) is 0 Å². The molecule has 2 rings (SSSR count). The average molecular weight is 292 g/mol. The highest BCUT2D eigenvalue weighted by Crippen LogP contribution is 2.26. The van der Waals surface area contributed by atoms with Crippen molar-refractivity contribution < 1.29 is 9.21 Å². The van der Waals surface area contributed by atoms with Gasteiger partial charge in [0.05, 0.1) is 5.25 Å². The number of carbonyl (C=O) groups is 1. The molecule has 0 saturated heterocycles. The first-order chi connectivity index (χ1) is 9.47. The highest BCUT2D eigenvalue weighted by Gasteiger charge is 2.16. The molecule has 1 atom stereocenters. The zero-order chi connectivity index (χ0) is 14.7. The molecule has 0 aliphatic rings. The number of thioether (sulfide) groups is 1. The number of aromatic nitrogens is 2. The van der Waals surface area contributed by atoms with Crippen molar-refractivity contribution in [3.8, 4) is 11.5 Å². The first-order valence-corrected chi connectivity index (χ1v) is 6.92. The van der Waals surface area contributed by atoms with E-state index in [0.29, 0.717) is 11.1 Å². The van der Waals surface area contributed by atoms with Gasteiger partial charge in [0.15, 0.2) is 0 Å². The molecule has 0 aliphatic heterocycles. The lowest BCUT2D eigenvalue weighted by molar-refractivity contribution is -0.117. The first-order valence-electron chi connectivity index (χ1n) is 6.04. The number of carbonyl (C=O) groups excluding carboxylic acids is 1. The van der Waals surface area contributed by atoms with Gasteiger partial charge in [0.1, 0.15) is 0 Å². The Morgan fingerprint density at radius 1 is 1.30 bits per heavy atom. The summed E-state index contributed by atoms with van der Waals surface area (Å²) in [5.74, 6) is 0.0135. The summed E-state index contributed by atoms with van der Waals surface area (Å²) < 4.78 is 5.51. The molecule has 106 valence electrons. The van der Waals surface area contributed by atoms with Crippen molar-refractivity contribution >= 4 is 23.4 Å². The summed E-state index contributed by atoms with van der Waals surface area (Å²) in [6, 6.07) is 7.76. The van der Waals surface area contributed by atoms with Crippen molar-refractivity contribution in [2.75, 3.05) is 19.0 Å². The molecule has 7 heteroatoms. The Balaban J connectivity index is 2.14. The van der Waals surface area contributed by atoms with Crippen LogP contribution in [0.1, 0.15) is 6.92 Å². The Bertz CT molecular complexity index is 595. The highest BCUT2D eigenvalue weighted by molar-refractivity contribution is 8.00. The Hall–Kier alpha value is -2.02. The van der Waals surface area contributed by atoms with Crippen LogP contribution in [0.4, 0.5) is 5.69 Å². The third-order valence-corrected chi connectivity index (χ3v) is 3.67. The molecule has 6 nitrogen and oxygen atoms in total. The summed E-state index contributed by atoms with van der Waals surface area (Å²) in [4.78, 5) is 13.0. The largest absolute Gasteiger partial charge is 0.411 e. The number of rotatable bonds is 5. The van der Waals surface area contributed by atoms with E-state index in [2.05, 4.69) is 10.2 Å². The van der Waals surface area contributed by atoms with E-state index in [1.807, 2.05) is 43.3 Å². The van der Waals surface area contributed by atoms with Crippen molar-refractivity contribution in [2.45, 2.75) is 17.4 Å². The molecule has 1 amide bonds. The lowest BCUT2D eigenvalue weighted by Crippen LogP contribution is -2.22. The van der Waals surface area contributed by atoms with Crippen LogP contribution in [-0.4, -0.2) is 35.4 Å². The van der Waals surface area contributed by atoms with Gasteiger partial charge in [-0.3, -0.25) is 4.79 Å². The van der Waals surface area contributed by atoms with Crippen molar-refractivity contribution in [1.29, 1.82) is 0 Å². The molecule has 0 fully saturated rings. The Morgan fingerprint density at radius 2 is 1.95 bits per heavy atom. The molecule has 2 aromatic rings. The van der Waals surface area contributed by atoms with E-state index in [-0.39, 0.29) is 0 Å². The SMILES string of the molecule is CC(Sc1nnc(-c2ccc(N(C)C)cc2)o1)C(N)=O. The van der Waals surface area contributed by atoms with E-state index in [0.717, 1.165) is 23.0 Å². The molecule has 2 N–H and O–H groups in total. The van der Waals surface area contributed by atoms with Crippen LogP contribution in [0.3, 0.4) is 0 Å². The zero-order valence-electron chi connectivity index (χ0n) is 11.5. The fourth-order valence-corrected chi connectivity index (χ4v) is 2.12. The highest BCUT2D eigenvalue weighted by atomic mass is 32.2. The lowest BCUT2D eigenvalue weighted by atomic mass is 10.2. The number of nitrogens with two attached hydrogens (primary N) is 1. The predicted molar refractivity (Wildman–Crippen MR) is 78.6 cm³/mol. The van der Waals surface area contributed by atoms with Gasteiger partial charge in [0.25, 0.3) is 5.22 Å². The number of hydrogen-bond acceptors (Lipinski definition) is 6. The van der Waals surface area contributed by atoms with Gasteiger partial charge < -0.3 is 15.1 Å².